The highest BCUT2D eigenvalue weighted by Gasteiger charge is 2.25. The molecule has 7 nitrogen and oxygen atoms in total. The molecule has 0 atom stereocenters. The van der Waals surface area contributed by atoms with E-state index in [-0.39, 0.29) is 10.7 Å². The van der Waals surface area contributed by atoms with Crippen LogP contribution in [0.3, 0.4) is 0 Å². The second kappa shape index (κ2) is 7.10. The summed E-state index contributed by atoms with van der Waals surface area (Å²) < 4.78 is 26.5. The minimum atomic E-state index is -3.87. The molecule has 0 aliphatic carbocycles. The van der Waals surface area contributed by atoms with Gasteiger partial charge in [0.05, 0.1) is 11.4 Å². The molecule has 2 rings (SSSR count). The SMILES string of the molecule is CC(=O)CN1CCN(C(=O)NS(=O)(=O)c2ccc(C)cc2)CC1. The van der Waals surface area contributed by atoms with Crippen molar-refractivity contribution in [3.63, 3.8) is 0 Å². The molecule has 1 heterocycles. The molecule has 2 amide bonds. The van der Waals surface area contributed by atoms with Crippen LogP contribution in [0.1, 0.15) is 12.5 Å². The van der Waals surface area contributed by atoms with E-state index in [4.69, 9.17) is 0 Å². The monoisotopic (exact) mass is 339 g/mol. The summed E-state index contributed by atoms with van der Waals surface area (Å²) in [7, 11) is -3.87. The van der Waals surface area contributed by atoms with Crippen LogP contribution in [-0.2, 0) is 14.8 Å². The molecule has 0 aromatic heterocycles. The standard InChI is InChI=1S/C15H21N3O4S/c1-12-3-5-14(6-4-12)23(21,22)16-15(20)18-9-7-17(8-10-18)11-13(2)19/h3-6H,7-11H2,1-2H3,(H,16,20). The number of aryl methyl sites for hydroxylation is 1. The molecule has 126 valence electrons. The van der Waals surface area contributed by atoms with E-state index in [2.05, 4.69) is 4.72 Å². The number of hydrogen-bond donors (Lipinski definition) is 1. The van der Waals surface area contributed by atoms with Crippen molar-refractivity contribution in [3.8, 4) is 0 Å². The molecule has 0 bridgehead atoms. The maximum absolute atomic E-state index is 12.2. The van der Waals surface area contributed by atoms with Crippen molar-refractivity contribution >= 4 is 21.8 Å². The van der Waals surface area contributed by atoms with E-state index in [0.717, 1.165) is 5.56 Å². The van der Waals surface area contributed by atoms with Gasteiger partial charge >= 0.3 is 6.03 Å². The number of nitrogens with one attached hydrogen (secondary N) is 1. The van der Waals surface area contributed by atoms with Gasteiger partial charge in [0.2, 0.25) is 0 Å². The van der Waals surface area contributed by atoms with E-state index in [1.54, 1.807) is 12.1 Å². The predicted molar refractivity (Wildman–Crippen MR) is 85.6 cm³/mol. The van der Waals surface area contributed by atoms with Crippen molar-refractivity contribution in [2.24, 2.45) is 0 Å². The molecule has 23 heavy (non-hydrogen) atoms. The maximum atomic E-state index is 12.2. The first-order valence-corrected chi connectivity index (χ1v) is 8.86. The zero-order valence-electron chi connectivity index (χ0n) is 13.3. The number of Topliss-reactive ketones (excluding diaryl/α,β-unsaturated/α-hetero) is 1. The lowest BCUT2D eigenvalue weighted by Gasteiger charge is -2.33. The molecule has 1 aromatic carbocycles. The van der Waals surface area contributed by atoms with E-state index in [9.17, 15) is 18.0 Å². The molecule has 1 aromatic rings. The van der Waals surface area contributed by atoms with E-state index in [1.807, 2.05) is 11.8 Å². The van der Waals surface area contributed by atoms with Gasteiger partial charge in [-0.25, -0.2) is 17.9 Å². The van der Waals surface area contributed by atoms with E-state index < -0.39 is 16.1 Å². The summed E-state index contributed by atoms with van der Waals surface area (Å²) >= 11 is 0. The molecule has 1 aliphatic heterocycles. The van der Waals surface area contributed by atoms with Gasteiger partial charge in [-0.2, -0.15) is 0 Å². The Bertz CT molecular complexity index is 677. The van der Waals surface area contributed by atoms with Crippen molar-refractivity contribution < 1.29 is 18.0 Å². The molecular weight excluding hydrogens is 318 g/mol. The lowest BCUT2D eigenvalue weighted by Crippen LogP contribution is -2.53. The highest BCUT2D eigenvalue weighted by molar-refractivity contribution is 7.90. The number of rotatable bonds is 4. The summed E-state index contributed by atoms with van der Waals surface area (Å²) in [6.07, 6.45) is 0. The maximum Gasteiger partial charge on any atom is 0.331 e. The number of sulfonamides is 1. The quantitative estimate of drug-likeness (QED) is 0.868. The fourth-order valence-corrected chi connectivity index (χ4v) is 3.35. The number of carbonyl (C=O) groups is 2. The van der Waals surface area contributed by atoms with Gasteiger partial charge in [-0.05, 0) is 26.0 Å². The van der Waals surface area contributed by atoms with Gasteiger partial charge < -0.3 is 4.90 Å². The number of carbonyl (C=O) groups excluding carboxylic acids is 2. The first-order chi connectivity index (χ1) is 10.8. The Hall–Kier alpha value is -1.93. The average molecular weight is 339 g/mol. The fourth-order valence-electron chi connectivity index (χ4n) is 2.38. The first kappa shape index (κ1) is 17.4. The van der Waals surface area contributed by atoms with Gasteiger partial charge in [-0.15, -0.1) is 0 Å². The van der Waals surface area contributed by atoms with Crippen LogP contribution in [-0.4, -0.2) is 62.8 Å². The fraction of sp³-hybridized carbons (Fsp3) is 0.467. The summed E-state index contributed by atoms with van der Waals surface area (Å²) in [5, 5.41) is 0. The minimum Gasteiger partial charge on any atom is -0.321 e. The van der Waals surface area contributed by atoms with Crippen LogP contribution < -0.4 is 4.72 Å². The van der Waals surface area contributed by atoms with Gasteiger partial charge in [0.15, 0.2) is 0 Å². The Labute approximate surface area is 136 Å². The highest BCUT2D eigenvalue weighted by Crippen LogP contribution is 2.11. The molecule has 1 aliphatic rings. The van der Waals surface area contributed by atoms with Gasteiger partial charge in [0.25, 0.3) is 10.0 Å². The topological polar surface area (TPSA) is 86.8 Å². The van der Waals surface area contributed by atoms with Gasteiger partial charge in [0.1, 0.15) is 5.78 Å². The number of ketones is 1. The van der Waals surface area contributed by atoms with E-state index >= 15 is 0 Å². The number of hydrogen-bond acceptors (Lipinski definition) is 5. The molecule has 1 saturated heterocycles. The Morgan fingerprint density at radius 2 is 1.65 bits per heavy atom. The largest absolute Gasteiger partial charge is 0.331 e. The van der Waals surface area contributed by atoms with Crippen molar-refractivity contribution in [2.75, 3.05) is 32.7 Å². The number of urea groups is 1. The van der Waals surface area contributed by atoms with Gasteiger partial charge in [-0.1, -0.05) is 17.7 Å². The smallest absolute Gasteiger partial charge is 0.321 e. The minimum absolute atomic E-state index is 0.0617. The van der Waals surface area contributed by atoms with Crippen molar-refractivity contribution in [2.45, 2.75) is 18.7 Å². The third kappa shape index (κ3) is 4.77. The Kier molecular flexibility index (Phi) is 5.38. The lowest BCUT2D eigenvalue weighted by atomic mass is 10.2. The summed E-state index contributed by atoms with van der Waals surface area (Å²) in [5.74, 6) is 0.0739. The van der Waals surface area contributed by atoms with Crippen molar-refractivity contribution in [1.82, 2.24) is 14.5 Å². The van der Waals surface area contributed by atoms with Crippen LogP contribution in [0.15, 0.2) is 29.2 Å². The molecule has 8 heteroatoms. The number of piperazine rings is 1. The van der Waals surface area contributed by atoms with Gasteiger partial charge in [0, 0.05) is 26.2 Å². The third-order valence-electron chi connectivity index (χ3n) is 3.66. The molecule has 1 fully saturated rings. The number of amides is 2. The molecule has 0 spiro atoms. The Balaban J connectivity index is 1.94. The predicted octanol–water partition coefficient (Wildman–Crippen LogP) is 0.600. The molecular formula is C15H21N3O4S. The molecule has 0 unspecified atom stereocenters. The van der Waals surface area contributed by atoms with Gasteiger partial charge in [-0.3, -0.25) is 9.69 Å². The summed E-state index contributed by atoms with van der Waals surface area (Å²) in [6, 6.07) is 5.66. The van der Waals surface area contributed by atoms with Crippen LogP contribution in [0.4, 0.5) is 4.79 Å². The normalized spacial score (nSPS) is 16.2. The van der Waals surface area contributed by atoms with Crippen LogP contribution >= 0.6 is 0 Å². The average Bonchev–Trinajstić information content (AvgIpc) is 2.47. The number of nitrogens with zero attached hydrogens (tertiary/aromatic N) is 2. The van der Waals surface area contributed by atoms with Crippen LogP contribution in [0, 0.1) is 6.92 Å². The number of benzene rings is 1. The second-order valence-electron chi connectivity index (χ2n) is 5.69. The molecule has 1 N–H and O–H groups in total. The zero-order chi connectivity index (χ0) is 17.0. The lowest BCUT2D eigenvalue weighted by molar-refractivity contribution is -0.118. The Morgan fingerprint density at radius 1 is 1.09 bits per heavy atom. The summed E-state index contributed by atoms with van der Waals surface area (Å²) in [4.78, 5) is 26.7. The Morgan fingerprint density at radius 3 is 2.17 bits per heavy atom. The van der Waals surface area contributed by atoms with Crippen molar-refractivity contribution in [1.29, 1.82) is 0 Å². The van der Waals surface area contributed by atoms with Crippen LogP contribution in [0.2, 0.25) is 0 Å². The van der Waals surface area contributed by atoms with Crippen LogP contribution in [0.5, 0.6) is 0 Å². The first-order valence-electron chi connectivity index (χ1n) is 7.38. The van der Waals surface area contributed by atoms with E-state index in [1.165, 1.54) is 24.0 Å². The zero-order valence-corrected chi connectivity index (χ0v) is 14.1. The highest BCUT2D eigenvalue weighted by atomic mass is 32.2. The summed E-state index contributed by atoms with van der Waals surface area (Å²) in [6.45, 7) is 5.63. The summed E-state index contributed by atoms with van der Waals surface area (Å²) in [5.41, 5.74) is 0.942. The molecule has 0 radical (unpaired) electrons. The molecule has 0 saturated carbocycles. The third-order valence-corrected chi connectivity index (χ3v) is 4.99. The van der Waals surface area contributed by atoms with Crippen LogP contribution in [0.25, 0.3) is 0 Å². The van der Waals surface area contributed by atoms with E-state index in [0.29, 0.717) is 32.7 Å². The van der Waals surface area contributed by atoms with Crippen molar-refractivity contribution in [3.05, 3.63) is 29.8 Å². The second-order valence-corrected chi connectivity index (χ2v) is 7.37.